The standard InChI is InChI=1S/C20H23NO2/c1-21(2)15-14-19(22)11-8-17-9-12-20(13-10-17)23-16-18-6-4-3-5-7-18/h3-13H,14-16H2,1-2H3. The van der Waals surface area contributed by atoms with Crippen LogP contribution in [0.2, 0.25) is 0 Å². The lowest BCUT2D eigenvalue weighted by Crippen LogP contribution is -2.15. The van der Waals surface area contributed by atoms with Gasteiger partial charge in [0.15, 0.2) is 5.78 Å². The summed E-state index contributed by atoms with van der Waals surface area (Å²) < 4.78 is 5.74. The molecule has 0 fully saturated rings. The van der Waals surface area contributed by atoms with E-state index in [0.717, 1.165) is 23.4 Å². The number of carbonyl (C=O) groups excluding carboxylic acids is 1. The highest BCUT2D eigenvalue weighted by Gasteiger charge is 1.99. The Kier molecular flexibility index (Phi) is 6.57. The average molecular weight is 309 g/mol. The van der Waals surface area contributed by atoms with E-state index in [1.54, 1.807) is 6.08 Å². The molecule has 0 saturated heterocycles. The van der Waals surface area contributed by atoms with Gasteiger partial charge in [0, 0.05) is 13.0 Å². The molecule has 0 amide bonds. The molecule has 0 N–H and O–H groups in total. The van der Waals surface area contributed by atoms with Crippen molar-refractivity contribution in [3.8, 4) is 5.75 Å². The van der Waals surface area contributed by atoms with Crippen LogP contribution in [0.5, 0.6) is 5.75 Å². The van der Waals surface area contributed by atoms with Crippen molar-refractivity contribution in [1.82, 2.24) is 4.90 Å². The molecule has 0 spiro atoms. The molecule has 0 radical (unpaired) electrons. The number of hydrogen-bond acceptors (Lipinski definition) is 3. The van der Waals surface area contributed by atoms with Gasteiger partial charge in [0.05, 0.1) is 0 Å². The van der Waals surface area contributed by atoms with Crippen LogP contribution in [0.3, 0.4) is 0 Å². The number of hydrogen-bond donors (Lipinski definition) is 0. The van der Waals surface area contributed by atoms with Crippen molar-refractivity contribution in [2.24, 2.45) is 0 Å². The van der Waals surface area contributed by atoms with E-state index in [-0.39, 0.29) is 5.78 Å². The normalized spacial score (nSPS) is 11.1. The fourth-order valence-electron chi connectivity index (χ4n) is 2.02. The fraction of sp³-hybridized carbons (Fsp3) is 0.250. The van der Waals surface area contributed by atoms with E-state index in [0.29, 0.717) is 13.0 Å². The monoisotopic (exact) mass is 309 g/mol. The molecule has 2 aromatic rings. The smallest absolute Gasteiger partial charge is 0.156 e. The van der Waals surface area contributed by atoms with Gasteiger partial charge in [-0.15, -0.1) is 0 Å². The zero-order valence-corrected chi connectivity index (χ0v) is 13.7. The summed E-state index contributed by atoms with van der Waals surface area (Å²) >= 11 is 0. The van der Waals surface area contributed by atoms with E-state index in [1.807, 2.05) is 79.7 Å². The predicted octanol–water partition coefficient (Wildman–Crippen LogP) is 3.80. The van der Waals surface area contributed by atoms with Crippen molar-refractivity contribution < 1.29 is 9.53 Å². The number of allylic oxidation sites excluding steroid dienone is 1. The van der Waals surface area contributed by atoms with Crippen molar-refractivity contribution >= 4 is 11.9 Å². The molecule has 2 aromatic carbocycles. The third kappa shape index (κ3) is 6.49. The van der Waals surface area contributed by atoms with Gasteiger partial charge in [0.2, 0.25) is 0 Å². The first-order valence-corrected chi connectivity index (χ1v) is 7.76. The maximum absolute atomic E-state index is 11.7. The van der Waals surface area contributed by atoms with Gasteiger partial charge in [-0.25, -0.2) is 0 Å². The minimum atomic E-state index is 0.142. The first-order valence-electron chi connectivity index (χ1n) is 7.76. The van der Waals surface area contributed by atoms with Crippen LogP contribution in [0, 0.1) is 0 Å². The maximum atomic E-state index is 11.7. The van der Waals surface area contributed by atoms with E-state index in [4.69, 9.17) is 4.74 Å². The molecule has 0 aliphatic carbocycles. The zero-order valence-electron chi connectivity index (χ0n) is 13.7. The summed E-state index contributed by atoms with van der Waals surface area (Å²) in [7, 11) is 3.93. The minimum absolute atomic E-state index is 0.142. The quantitative estimate of drug-likeness (QED) is 0.695. The lowest BCUT2D eigenvalue weighted by molar-refractivity contribution is -0.114. The second kappa shape index (κ2) is 8.91. The summed E-state index contributed by atoms with van der Waals surface area (Å²) in [6.45, 7) is 1.33. The van der Waals surface area contributed by atoms with Crippen LogP contribution in [0.15, 0.2) is 60.7 Å². The first kappa shape index (κ1) is 17.0. The Morgan fingerprint density at radius 1 is 1.04 bits per heavy atom. The van der Waals surface area contributed by atoms with E-state index in [1.165, 1.54) is 0 Å². The average Bonchev–Trinajstić information content (AvgIpc) is 2.58. The third-order valence-electron chi connectivity index (χ3n) is 3.40. The fourth-order valence-corrected chi connectivity index (χ4v) is 2.02. The summed E-state index contributed by atoms with van der Waals surface area (Å²) in [5, 5.41) is 0. The first-order chi connectivity index (χ1) is 11.1. The van der Waals surface area contributed by atoms with Crippen molar-refractivity contribution in [2.45, 2.75) is 13.0 Å². The SMILES string of the molecule is CN(C)CCC(=O)C=Cc1ccc(OCc2ccccc2)cc1. The van der Waals surface area contributed by atoms with Crippen LogP contribution in [0.25, 0.3) is 6.08 Å². The number of benzene rings is 2. The summed E-state index contributed by atoms with van der Waals surface area (Å²) in [6, 6.07) is 17.8. The van der Waals surface area contributed by atoms with Gasteiger partial charge in [0.25, 0.3) is 0 Å². The molecule has 120 valence electrons. The van der Waals surface area contributed by atoms with E-state index in [9.17, 15) is 4.79 Å². The van der Waals surface area contributed by atoms with Gasteiger partial charge < -0.3 is 9.64 Å². The highest BCUT2D eigenvalue weighted by atomic mass is 16.5. The highest BCUT2D eigenvalue weighted by Crippen LogP contribution is 2.15. The number of rotatable bonds is 8. The summed E-state index contributed by atoms with van der Waals surface area (Å²) in [4.78, 5) is 13.7. The lowest BCUT2D eigenvalue weighted by atomic mass is 10.1. The molecule has 3 heteroatoms. The molecular weight excluding hydrogens is 286 g/mol. The van der Waals surface area contributed by atoms with Crippen LogP contribution in [0.1, 0.15) is 17.5 Å². The molecule has 0 aromatic heterocycles. The largest absolute Gasteiger partial charge is 0.489 e. The second-order valence-electron chi connectivity index (χ2n) is 5.70. The van der Waals surface area contributed by atoms with Gasteiger partial charge in [0.1, 0.15) is 12.4 Å². The third-order valence-corrected chi connectivity index (χ3v) is 3.40. The molecule has 0 saturated carbocycles. The van der Waals surface area contributed by atoms with Crippen molar-refractivity contribution in [3.63, 3.8) is 0 Å². The molecule has 0 unspecified atom stereocenters. The Labute approximate surface area is 138 Å². The van der Waals surface area contributed by atoms with Crippen LogP contribution in [0.4, 0.5) is 0 Å². The topological polar surface area (TPSA) is 29.5 Å². The number of nitrogens with zero attached hydrogens (tertiary/aromatic N) is 1. The van der Waals surface area contributed by atoms with Crippen LogP contribution < -0.4 is 4.74 Å². The van der Waals surface area contributed by atoms with E-state index < -0.39 is 0 Å². The minimum Gasteiger partial charge on any atom is -0.489 e. The Hall–Kier alpha value is -2.39. The van der Waals surface area contributed by atoms with Crippen LogP contribution >= 0.6 is 0 Å². The number of ketones is 1. The van der Waals surface area contributed by atoms with Crippen molar-refractivity contribution in [2.75, 3.05) is 20.6 Å². The Morgan fingerprint density at radius 3 is 2.39 bits per heavy atom. The van der Waals surface area contributed by atoms with Gasteiger partial charge in [-0.2, -0.15) is 0 Å². The van der Waals surface area contributed by atoms with Crippen molar-refractivity contribution in [3.05, 3.63) is 71.8 Å². The molecule has 0 atom stereocenters. The molecule has 0 aliphatic rings. The lowest BCUT2D eigenvalue weighted by Gasteiger charge is -2.07. The van der Waals surface area contributed by atoms with Gasteiger partial charge >= 0.3 is 0 Å². The van der Waals surface area contributed by atoms with E-state index in [2.05, 4.69) is 0 Å². The molecule has 2 rings (SSSR count). The summed E-state index contributed by atoms with van der Waals surface area (Å²) in [5.74, 6) is 0.966. The molecule has 3 nitrogen and oxygen atoms in total. The molecular formula is C20H23NO2. The molecule has 23 heavy (non-hydrogen) atoms. The van der Waals surface area contributed by atoms with E-state index >= 15 is 0 Å². The zero-order chi connectivity index (χ0) is 16.5. The maximum Gasteiger partial charge on any atom is 0.156 e. The highest BCUT2D eigenvalue weighted by molar-refractivity contribution is 5.93. The number of carbonyl (C=O) groups is 1. The van der Waals surface area contributed by atoms with Crippen molar-refractivity contribution in [1.29, 1.82) is 0 Å². The summed E-state index contributed by atoms with van der Waals surface area (Å²) in [6.07, 6.45) is 4.03. The second-order valence-corrected chi connectivity index (χ2v) is 5.70. The number of ether oxygens (including phenoxy) is 1. The Balaban J connectivity index is 1.83. The Morgan fingerprint density at radius 2 is 1.74 bits per heavy atom. The van der Waals surface area contributed by atoms with Gasteiger partial charge in [-0.05, 0) is 43.4 Å². The summed E-state index contributed by atoms with van der Waals surface area (Å²) in [5.41, 5.74) is 2.14. The van der Waals surface area contributed by atoms with Crippen LogP contribution in [-0.2, 0) is 11.4 Å². The van der Waals surface area contributed by atoms with Gasteiger partial charge in [-0.1, -0.05) is 48.5 Å². The van der Waals surface area contributed by atoms with Gasteiger partial charge in [-0.3, -0.25) is 4.79 Å². The molecule has 0 bridgehead atoms. The molecule has 0 heterocycles. The predicted molar refractivity (Wildman–Crippen MR) is 94.4 cm³/mol. The molecule has 0 aliphatic heterocycles. The van der Waals surface area contributed by atoms with Crippen LogP contribution in [-0.4, -0.2) is 31.3 Å². The Bertz CT molecular complexity index is 630.